The fourth-order valence-corrected chi connectivity index (χ4v) is 1.12. The van der Waals surface area contributed by atoms with Crippen molar-refractivity contribution in [1.29, 1.82) is 0 Å². The molecule has 0 bridgehead atoms. The van der Waals surface area contributed by atoms with E-state index >= 15 is 0 Å². The predicted octanol–water partition coefficient (Wildman–Crippen LogP) is 0.462. The topological polar surface area (TPSA) is 43.7 Å². The van der Waals surface area contributed by atoms with Gasteiger partial charge in [-0.25, -0.2) is 0 Å². The fraction of sp³-hybridized carbons (Fsp3) is 1.00. The number of aliphatic hydroxyl groups excluding tert-OH is 1. The summed E-state index contributed by atoms with van der Waals surface area (Å²) in [4.78, 5) is 2.04. The summed E-state index contributed by atoms with van der Waals surface area (Å²) in [7, 11) is 3.96. The van der Waals surface area contributed by atoms with Crippen LogP contribution in [0, 0.1) is 0 Å². The van der Waals surface area contributed by atoms with Crippen LogP contribution in [0.5, 0.6) is 0 Å². The molecule has 0 heterocycles. The number of rotatable bonds is 6. The highest BCUT2D eigenvalue weighted by atomic mass is 16.3. The Bertz CT molecular complexity index is 117. The number of hydrogen-bond acceptors (Lipinski definition) is 3. The van der Waals surface area contributed by atoms with Crippen LogP contribution < -0.4 is 0 Å². The molecule has 0 spiro atoms. The molecule has 74 valence electrons. The summed E-state index contributed by atoms with van der Waals surface area (Å²) in [5.74, 6) is 0. The maximum atomic E-state index is 9.88. The molecule has 3 nitrogen and oxygen atoms in total. The first-order valence-corrected chi connectivity index (χ1v) is 4.52. The lowest BCUT2D eigenvalue weighted by molar-refractivity contribution is -0.000547. The molecule has 1 atom stereocenters. The Morgan fingerprint density at radius 3 is 2.17 bits per heavy atom. The van der Waals surface area contributed by atoms with Gasteiger partial charge >= 0.3 is 0 Å². The Balaban J connectivity index is 3.78. The zero-order valence-electron chi connectivity index (χ0n) is 8.38. The summed E-state index contributed by atoms with van der Waals surface area (Å²) in [6, 6.07) is 0. The average molecular weight is 175 g/mol. The maximum absolute atomic E-state index is 9.88. The number of aliphatic hydroxyl groups is 2. The predicted molar refractivity (Wildman–Crippen MR) is 50.1 cm³/mol. The van der Waals surface area contributed by atoms with Crippen LogP contribution in [0.1, 0.15) is 26.2 Å². The standard InChI is InChI=1S/C9H21NO2/c1-4-9(12,6-8-11)5-7-10(2)3/h11-12H,4-8H2,1-3H3. The minimum Gasteiger partial charge on any atom is -0.396 e. The second-order valence-electron chi connectivity index (χ2n) is 3.60. The van der Waals surface area contributed by atoms with E-state index in [0.717, 1.165) is 13.0 Å². The van der Waals surface area contributed by atoms with Crippen LogP contribution in [0.25, 0.3) is 0 Å². The van der Waals surface area contributed by atoms with Crippen LogP contribution >= 0.6 is 0 Å². The third kappa shape index (κ3) is 4.70. The van der Waals surface area contributed by atoms with Gasteiger partial charge in [-0.15, -0.1) is 0 Å². The first-order valence-electron chi connectivity index (χ1n) is 4.52. The fourth-order valence-electron chi connectivity index (χ4n) is 1.12. The van der Waals surface area contributed by atoms with Crippen molar-refractivity contribution in [1.82, 2.24) is 4.90 Å². The summed E-state index contributed by atoms with van der Waals surface area (Å²) < 4.78 is 0. The molecule has 0 aliphatic rings. The van der Waals surface area contributed by atoms with E-state index in [1.54, 1.807) is 0 Å². The second kappa shape index (κ2) is 5.51. The Morgan fingerprint density at radius 1 is 1.25 bits per heavy atom. The van der Waals surface area contributed by atoms with Gasteiger partial charge in [-0.1, -0.05) is 6.92 Å². The largest absolute Gasteiger partial charge is 0.396 e. The Hall–Kier alpha value is -0.120. The van der Waals surface area contributed by atoms with Gasteiger partial charge in [0.15, 0.2) is 0 Å². The number of hydrogen-bond donors (Lipinski definition) is 2. The van der Waals surface area contributed by atoms with Gasteiger partial charge in [0, 0.05) is 13.2 Å². The Kier molecular flexibility index (Phi) is 5.46. The molecule has 0 aliphatic carbocycles. The number of nitrogens with zero attached hydrogens (tertiary/aromatic N) is 1. The molecule has 0 rings (SSSR count). The highest BCUT2D eigenvalue weighted by Gasteiger charge is 2.23. The molecule has 0 aliphatic heterocycles. The minimum atomic E-state index is -0.668. The van der Waals surface area contributed by atoms with Gasteiger partial charge in [-0.3, -0.25) is 0 Å². The molecule has 0 aromatic carbocycles. The molecule has 0 saturated carbocycles. The smallest absolute Gasteiger partial charge is 0.0679 e. The first kappa shape index (κ1) is 11.9. The van der Waals surface area contributed by atoms with E-state index < -0.39 is 5.60 Å². The lowest BCUT2D eigenvalue weighted by Crippen LogP contribution is -2.33. The summed E-state index contributed by atoms with van der Waals surface area (Å²) in [5, 5.41) is 18.6. The quantitative estimate of drug-likeness (QED) is 0.616. The van der Waals surface area contributed by atoms with Crippen molar-refractivity contribution in [3.05, 3.63) is 0 Å². The van der Waals surface area contributed by atoms with Crippen LogP contribution in [0.3, 0.4) is 0 Å². The summed E-state index contributed by atoms with van der Waals surface area (Å²) in [5.41, 5.74) is -0.668. The molecular formula is C9H21NO2. The van der Waals surface area contributed by atoms with Gasteiger partial charge in [-0.05, 0) is 33.4 Å². The van der Waals surface area contributed by atoms with Crippen molar-refractivity contribution in [2.24, 2.45) is 0 Å². The minimum absolute atomic E-state index is 0.0672. The monoisotopic (exact) mass is 175 g/mol. The van der Waals surface area contributed by atoms with E-state index in [4.69, 9.17) is 5.11 Å². The molecule has 0 amide bonds. The normalized spacial score (nSPS) is 16.5. The SMILES string of the molecule is CCC(O)(CCO)CCN(C)C. The maximum Gasteiger partial charge on any atom is 0.0679 e. The van der Waals surface area contributed by atoms with Crippen molar-refractivity contribution in [2.45, 2.75) is 31.8 Å². The Labute approximate surface area is 75.0 Å². The van der Waals surface area contributed by atoms with E-state index in [1.165, 1.54) is 0 Å². The van der Waals surface area contributed by atoms with E-state index in [0.29, 0.717) is 12.8 Å². The highest BCUT2D eigenvalue weighted by molar-refractivity contribution is 4.77. The Morgan fingerprint density at radius 2 is 1.83 bits per heavy atom. The lowest BCUT2D eigenvalue weighted by Gasteiger charge is -2.27. The van der Waals surface area contributed by atoms with Crippen molar-refractivity contribution in [3.63, 3.8) is 0 Å². The van der Waals surface area contributed by atoms with Gasteiger partial charge in [0.1, 0.15) is 0 Å². The molecule has 12 heavy (non-hydrogen) atoms. The molecule has 1 unspecified atom stereocenters. The summed E-state index contributed by atoms with van der Waals surface area (Å²) in [6.07, 6.45) is 1.93. The molecule has 3 heteroatoms. The van der Waals surface area contributed by atoms with Gasteiger partial charge < -0.3 is 15.1 Å². The van der Waals surface area contributed by atoms with Gasteiger partial charge in [0.2, 0.25) is 0 Å². The van der Waals surface area contributed by atoms with Crippen molar-refractivity contribution >= 4 is 0 Å². The first-order chi connectivity index (χ1) is 5.54. The van der Waals surface area contributed by atoms with Crippen LogP contribution in [-0.2, 0) is 0 Å². The zero-order chi connectivity index (χ0) is 9.61. The van der Waals surface area contributed by atoms with Crippen LogP contribution in [-0.4, -0.2) is 48.0 Å². The molecule has 0 saturated heterocycles. The molecular weight excluding hydrogens is 154 g/mol. The molecule has 0 aromatic rings. The van der Waals surface area contributed by atoms with Gasteiger partial charge in [0.05, 0.1) is 5.60 Å². The van der Waals surface area contributed by atoms with E-state index in [-0.39, 0.29) is 6.61 Å². The van der Waals surface area contributed by atoms with Crippen LogP contribution in [0.4, 0.5) is 0 Å². The third-order valence-corrected chi connectivity index (χ3v) is 2.26. The molecule has 2 N–H and O–H groups in total. The van der Waals surface area contributed by atoms with Crippen molar-refractivity contribution < 1.29 is 10.2 Å². The summed E-state index contributed by atoms with van der Waals surface area (Å²) in [6.45, 7) is 2.88. The molecule has 0 fully saturated rings. The molecule has 0 aromatic heterocycles. The van der Waals surface area contributed by atoms with E-state index in [9.17, 15) is 5.11 Å². The third-order valence-electron chi connectivity index (χ3n) is 2.26. The average Bonchev–Trinajstić information content (AvgIpc) is 2.02. The van der Waals surface area contributed by atoms with Crippen LogP contribution in [0.2, 0.25) is 0 Å². The van der Waals surface area contributed by atoms with Crippen LogP contribution in [0.15, 0.2) is 0 Å². The van der Waals surface area contributed by atoms with Gasteiger partial charge in [0.25, 0.3) is 0 Å². The second-order valence-corrected chi connectivity index (χ2v) is 3.60. The van der Waals surface area contributed by atoms with Crippen molar-refractivity contribution in [3.8, 4) is 0 Å². The van der Waals surface area contributed by atoms with Gasteiger partial charge in [-0.2, -0.15) is 0 Å². The van der Waals surface area contributed by atoms with E-state index in [2.05, 4.69) is 0 Å². The highest BCUT2D eigenvalue weighted by Crippen LogP contribution is 2.18. The summed E-state index contributed by atoms with van der Waals surface area (Å²) >= 11 is 0. The lowest BCUT2D eigenvalue weighted by atomic mass is 9.93. The zero-order valence-corrected chi connectivity index (χ0v) is 8.38. The van der Waals surface area contributed by atoms with E-state index in [1.807, 2.05) is 25.9 Å². The molecule has 0 radical (unpaired) electrons. The van der Waals surface area contributed by atoms with Crippen molar-refractivity contribution in [2.75, 3.05) is 27.2 Å².